The molecule has 1 heterocycles. The topological polar surface area (TPSA) is 66.5 Å². The molecule has 0 bridgehead atoms. The molecule has 1 unspecified atom stereocenters. The summed E-state index contributed by atoms with van der Waals surface area (Å²) in [6, 6.07) is 14.6. The zero-order valence-electron chi connectivity index (χ0n) is 13.7. The van der Waals surface area contributed by atoms with Gasteiger partial charge in [0, 0.05) is 23.0 Å². The monoisotopic (exact) mass is 344 g/mol. The summed E-state index contributed by atoms with van der Waals surface area (Å²) < 4.78 is 25.9. The first-order valence-corrected chi connectivity index (χ1v) is 9.58. The lowest BCUT2D eigenvalue weighted by molar-refractivity contribution is 0.0981. The van der Waals surface area contributed by atoms with Crippen LogP contribution in [0.5, 0.6) is 0 Å². The van der Waals surface area contributed by atoms with Crippen LogP contribution in [0, 0.1) is 0 Å². The van der Waals surface area contributed by atoms with Gasteiger partial charge in [0.2, 0.25) is 10.0 Å². The lowest BCUT2D eigenvalue weighted by Gasteiger charge is -2.23. The number of sulfonamides is 1. The molecule has 2 aromatic rings. The molecule has 0 aliphatic carbocycles. The second kappa shape index (κ2) is 6.28. The Kier molecular flexibility index (Phi) is 4.32. The molecule has 0 saturated heterocycles. The van der Waals surface area contributed by atoms with E-state index in [1.807, 2.05) is 31.2 Å². The smallest absolute Gasteiger partial charge is 0.258 e. The van der Waals surface area contributed by atoms with Crippen molar-refractivity contribution in [1.82, 2.24) is 0 Å². The fourth-order valence-corrected chi connectivity index (χ4v) is 3.61. The first-order chi connectivity index (χ1) is 11.4. The first kappa shape index (κ1) is 16.5. The minimum absolute atomic E-state index is 0.0122. The van der Waals surface area contributed by atoms with Crippen molar-refractivity contribution in [2.45, 2.75) is 26.3 Å². The van der Waals surface area contributed by atoms with Crippen molar-refractivity contribution in [3.05, 3.63) is 59.7 Å². The van der Waals surface area contributed by atoms with E-state index in [0.29, 0.717) is 11.3 Å². The molecule has 0 aromatic heterocycles. The molecule has 2 aromatic carbocycles. The molecule has 1 amide bonds. The number of nitrogens with one attached hydrogen (secondary N) is 1. The number of para-hydroxylation sites is 1. The number of hydrogen-bond acceptors (Lipinski definition) is 3. The van der Waals surface area contributed by atoms with Gasteiger partial charge in [-0.2, -0.15) is 0 Å². The summed E-state index contributed by atoms with van der Waals surface area (Å²) in [6.07, 6.45) is 0.823. The van der Waals surface area contributed by atoms with Gasteiger partial charge in [-0.15, -0.1) is 0 Å². The summed E-state index contributed by atoms with van der Waals surface area (Å²) in [5.74, 6) is -0.133. The second-order valence-corrected chi connectivity index (χ2v) is 7.95. The molecule has 24 heavy (non-hydrogen) atoms. The normalized spacial score (nSPS) is 16.8. The van der Waals surface area contributed by atoms with Crippen LogP contribution >= 0.6 is 0 Å². The van der Waals surface area contributed by atoms with Crippen LogP contribution in [-0.2, 0) is 16.4 Å². The van der Waals surface area contributed by atoms with Crippen molar-refractivity contribution >= 4 is 27.3 Å². The van der Waals surface area contributed by atoms with Crippen LogP contribution in [0.25, 0.3) is 0 Å². The highest BCUT2D eigenvalue weighted by molar-refractivity contribution is 7.92. The number of hydrogen-bond donors (Lipinski definition) is 1. The Hall–Kier alpha value is -2.34. The number of amides is 1. The number of carbonyl (C=O) groups is 1. The van der Waals surface area contributed by atoms with Gasteiger partial charge in [0.05, 0.1) is 5.75 Å². The molecule has 1 N–H and O–H groups in total. The third kappa shape index (κ3) is 3.14. The predicted molar refractivity (Wildman–Crippen MR) is 95.9 cm³/mol. The van der Waals surface area contributed by atoms with Gasteiger partial charge in [-0.05, 0) is 50.1 Å². The van der Waals surface area contributed by atoms with E-state index < -0.39 is 10.0 Å². The number of nitrogens with zero attached hydrogens (tertiary/aromatic N) is 1. The Labute approximate surface area is 142 Å². The lowest BCUT2D eigenvalue weighted by atomic mass is 10.1. The first-order valence-electron chi connectivity index (χ1n) is 7.93. The van der Waals surface area contributed by atoms with Crippen molar-refractivity contribution in [2.75, 3.05) is 15.4 Å². The number of anilines is 2. The Morgan fingerprint density at radius 2 is 1.96 bits per heavy atom. The molecule has 1 aliphatic heterocycles. The predicted octanol–water partition coefficient (Wildman–Crippen LogP) is 3.04. The number of rotatable bonds is 4. The molecule has 0 radical (unpaired) electrons. The Morgan fingerprint density at radius 3 is 2.71 bits per heavy atom. The highest BCUT2D eigenvalue weighted by Crippen LogP contribution is 2.33. The summed E-state index contributed by atoms with van der Waals surface area (Å²) in [6.45, 7) is 3.59. The highest BCUT2D eigenvalue weighted by Gasteiger charge is 2.31. The molecule has 6 heteroatoms. The van der Waals surface area contributed by atoms with Gasteiger partial charge >= 0.3 is 0 Å². The maximum atomic E-state index is 13.0. The summed E-state index contributed by atoms with van der Waals surface area (Å²) >= 11 is 0. The van der Waals surface area contributed by atoms with E-state index in [1.165, 1.54) is 0 Å². The zero-order chi connectivity index (χ0) is 17.3. The summed E-state index contributed by atoms with van der Waals surface area (Å²) in [4.78, 5) is 14.7. The Morgan fingerprint density at radius 1 is 1.21 bits per heavy atom. The van der Waals surface area contributed by atoms with E-state index in [-0.39, 0.29) is 17.7 Å². The lowest BCUT2D eigenvalue weighted by Crippen LogP contribution is -2.35. The van der Waals surface area contributed by atoms with Crippen LogP contribution < -0.4 is 9.62 Å². The minimum Gasteiger partial charge on any atom is -0.305 e. The SMILES string of the molecule is CCS(=O)(=O)Nc1cccc(C(=O)N2c3ccccc3CC2C)c1. The van der Waals surface area contributed by atoms with Crippen molar-refractivity contribution in [3.63, 3.8) is 0 Å². The van der Waals surface area contributed by atoms with Gasteiger partial charge in [-0.25, -0.2) is 8.42 Å². The number of fused-ring (bicyclic) bond motifs is 1. The fraction of sp³-hybridized carbons (Fsp3) is 0.278. The molecule has 5 nitrogen and oxygen atoms in total. The van der Waals surface area contributed by atoms with Gasteiger partial charge in [-0.3, -0.25) is 9.52 Å². The Balaban J connectivity index is 1.91. The van der Waals surface area contributed by atoms with Crippen LogP contribution in [0.15, 0.2) is 48.5 Å². The van der Waals surface area contributed by atoms with Gasteiger partial charge in [0.25, 0.3) is 5.91 Å². The van der Waals surface area contributed by atoms with Crippen LogP contribution in [0.1, 0.15) is 29.8 Å². The van der Waals surface area contributed by atoms with E-state index in [0.717, 1.165) is 17.7 Å². The summed E-state index contributed by atoms with van der Waals surface area (Å²) in [5.41, 5.74) is 2.95. The van der Waals surface area contributed by atoms with E-state index in [4.69, 9.17) is 0 Å². The Bertz CT molecular complexity index is 877. The second-order valence-electron chi connectivity index (χ2n) is 5.94. The van der Waals surface area contributed by atoms with E-state index in [1.54, 1.807) is 36.1 Å². The van der Waals surface area contributed by atoms with Gasteiger partial charge in [0.15, 0.2) is 0 Å². The molecule has 126 valence electrons. The van der Waals surface area contributed by atoms with Crippen LogP contribution in [0.4, 0.5) is 11.4 Å². The minimum atomic E-state index is -3.37. The van der Waals surface area contributed by atoms with Crippen LogP contribution in [0.2, 0.25) is 0 Å². The van der Waals surface area contributed by atoms with Crippen molar-refractivity contribution in [1.29, 1.82) is 0 Å². The number of benzene rings is 2. The maximum Gasteiger partial charge on any atom is 0.258 e. The van der Waals surface area contributed by atoms with Crippen molar-refractivity contribution in [2.24, 2.45) is 0 Å². The molecule has 1 aliphatic rings. The number of carbonyl (C=O) groups excluding carboxylic acids is 1. The molecule has 0 fully saturated rings. The molecule has 0 spiro atoms. The third-order valence-corrected chi connectivity index (χ3v) is 5.50. The maximum absolute atomic E-state index is 13.0. The van der Waals surface area contributed by atoms with Crippen molar-refractivity contribution in [3.8, 4) is 0 Å². The fourth-order valence-electron chi connectivity index (χ4n) is 2.98. The average molecular weight is 344 g/mol. The quantitative estimate of drug-likeness (QED) is 0.927. The highest BCUT2D eigenvalue weighted by atomic mass is 32.2. The summed E-state index contributed by atoms with van der Waals surface area (Å²) in [5, 5.41) is 0. The van der Waals surface area contributed by atoms with Crippen LogP contribution in [0.3, 0.4) is 0 Å². The average Bonchev–Trinajstić information content (AvgIpc) is 2.90. The third-order valence-electron chi connectivity index (χ3n) is 4.19. The van der Waals surface area contributed by atoms with Gasteiger partial charge in [0.1, 0.15) is 0 Å². The zero-order valence-corrected chi connectivity index (χ0v) is 14.5. The molecular weight excluding hydrogens is 324 g/mol. The van der Waals surface area contributed by atoms with E-state index >= 15 is 0 Å². The molecule has 3 rings (SSSR count). The van der Waals surface area contributed by atoms with Gasteiger partial charge in [-0.1, -0.05) is 24.3 Å². The molecular formula is C18H20N2O3S. The molecule has 1 atom stereocenters. The van der Waals surface area contributed by atoms with E-state index in [9.17, 15) is 13.2 Å². The van der Waals surface area contributed by atoms with E-state index in [2.05, 4.69) is 4.72 Å². The van der Waals surface area contributed by atoms with Crippen LogP contribution in [-0.4, -0.2) is 26.1 Å². The molecule has 0 saturated carbocycles. The van der Waals surface area contributed by atoms with Crippen molar-refractivity contribution < 1.29 is 13.2 Å². The largest absolute Gasteiger partial charge is 0.305 e. The summed E-state index contributed by atoms with van der Waals surface area (Å²) in [7, 11) is -3.37. The van der Waals surface area contributed by atoms with Gasteiger partial charge < -0.3 is 4.90 Å². The standard InChI is InChI=1S/C18H20N2O3S/c1-3-24(22,23)19-16-9-6-8-15(12-16)18(21)20-13(2)11-14-7-4-5-10-17(14)20/h4-10,12-13,19H,3,11H2,1-2H3.